The molecule has 0 aromatic heterocycles. The molecular weight excluding hydrogens is 396 g/mol. The molecule has 0 radical (unpaired) electrons. The van der Waals surface area contributed by atoms with Crippen LogP contribution in [0.5, 0.6) is 0 Å². The van der Waals surface area contributed by atoms with Crippen molar-refractivity contribution >= 4 is 53.5 Å². The minimum atomic E-state index is -5.40. The topological polar surface area (TPSA) is 163 Å². The summed E-state index contributed by atoms with van der Waals surface area (Å²) in [4.78, 5) is -4.31. The second-order valence-electron chi connectivity index (χ2n) is 4.18. The minimum absolute atomic E-state index is 0. The highest BCUT2D eigenvalue weighted by Gasteiger charge is 2.34. The third-order valence-electron chi connectivity index (χ3n) is 2.72. The quantitative estimate of drug-likeness (QED) is 0.633. The van der Waals surface area contributed by atoms with Gasteiger partial charge >= 0.3 is 0 Å². The van der Waals surface area contributed by atoms with Crippen molar-refractivity contribution in [2.45, 2.75) is 14.7 Å². The summed E-state index contributed by atoms with van der Waals surface area (Å²) in [7, 11) is -15.8. The van der Waals surface area contributed by atoms with Crippen molar-refractivity contribution in [1.82, 2.24) is 0 Å². The maximum Gasteiger partial charge on any atom is 0.297 e. The van der Waals surface area contributed by atoms with Gasteiger partial charge in [-0.15, -0.1) is 12.4 Å². The molecule has 128 valence electrons. The molecule has 0 spiro atoms. The van der Waals surface area contributed by atoms with Gasteiger partial charge in [0.2, 0.25) is 0 Å². The van der Waals surface area contributed by atoms with Crippen LogP contribution in [0.15, 0.2) is 45.0 Å². The minimum Gasteiger partial charge on any atom is -0.282 e. The predicted octanol–water partition coefficient (Wildman–Crippen LogP) is 1.00. The van der Waals surface area contributed by atoms with Gasteiger partial charge in [0.05, 0.1) is 0 Å². The normalized spacial score (nSPS) is 12.8. The summed E-state index contributed by atoms with van der Waals surface area (Å²) in [6, 6.07) is 5.69. The number of halogens is 1. The lowest BCUT2D eigenvalue weighted by molar-refractivity contribution is 0.457. The molecule has 0 saturated heterocycles. The Morgan fingerprint density at radius 3 is 1.61 bits per heavy atom. The van der Waals surface area contributed by atoms with Crippen LogP contribution in [0.2, 0.25) is 0 Å². The van der Waals surface area contributed by atoms with E-state index in [4.69, 9.17) is 9.11 Å². The summed E-state index contributed by atoms with van der Waals surface area (Å²) >= 11 is 0. The molecule has 9 nitrogen and oxygen atoms in total. The van der Waals surface area contributed by atoms with E-state index in [1.807, 2.05) is 0 Å². The molecule has 3 N–H and O–H groups in total. The highest BCUT2D eigenvalue weighted by Crippen LogP contribution is 2.35. The lowest BCUT2D eigenvalue weighted by Gasteiger charge is -2.12. The van der Waals surface area contributed by atoms with Gasteiger partial charge in [0.25, 0.3) is 30.4 Å². The highest BCUT2D eigenvalue weighted by molar-refractivity contribution is 7.90. The molecule has 0 bridgehead atoms. The molecule has 2 rings (SSSR count). The Morgan fingerprint density at radius 1 is 0.696 bits per heavy atom. The molecule has 0 unspecified atom stereocenters. The van der Waals surface area contributed by atoms with E-state index in [1.54, 1.807) is 0 Å². The van der Waals surface area contributed by atoms with E-state index in [1.165, 1.54) is 18.2 Å². The molecule has 2 aromatic carbocycles. The van der Waals surface area contributed by atoms with Gasteiger partial charge in [-0.1, -0.05) is 24.3 Å². The van der Waals surface area contributed by atoms with E-state index < -0.39 is 45.0 Å². The first-order chi connectivity index (χ1) is 9.83. The second kappa shape index (κ2) is 5.98. The van der Waals surface area contributed by atoms with E-state index in [-0.39, 0.29) is 23.2 Å². The molecule has 0 aliphatic carbocycles. The monoisotopic (exact) mass is 404 g/mol. The van der Waals surface area contributed by atoms with Crippen LogP contribution in [0.25, 0.3) is 10.8 Å². The first kappa shape index (κ1) is 19.8. The maximum absolute atomic E-state index is 11.5. The van der Waals surface area contributed by atoms with Gasteiger partial charge in [0, 0.05) is 5.39 Å². The first-order valence-corrected chi connectivity index (χ1v) is 9.63. The molecule has 2 aromatic rings. The van der Waals surface area contributed by atoms with Gasteiger partial charge in [0.15, 0.2) is 0 Å². The summed E-state index contributed by atoms with van der Waals surface area (Å²) < 4.78 is 96.0. The molecule has 0 amide bonds. The summed E-state index contributed by atoms with van der Waals surface area (Å²) in [6.07, 6.45) is 0. The number of benzene rings is 2. The standard InChI is InChI=1S/C10H8O9S3.ClH/c11-20(12,13)8-5-6-3-1-2-4-7(6)9(21(14,15)16)10(8)22(17,18)19;/h1-5H,(H,11,12,13)(H,14,15,16)(H,17,18,19);1H. The van der Waals surface area contributed by atoms with Crippen LogP contribution in [-0.2, 0) is 30.4 Å². The third-order valence-corrected chi connectivity index (χ3v) is 5.73. The van der Waals surface area contributed by atoms with Crippen molar-refractivity contribution in [3.8, 4) is 0 Å². The Balaban J connectivity index is 0.00000264. The van der Waals surface area contributed by atoms with Crippen LogP contribution in [-0.4, -0.2) is 38.9 Å². The van der Waals surface area contributed by atoms with E-state index >= 15 is 0 Å². The number of hydrogen-bond donors (Lipinski definition) is 3. The molecule has 0 fully saturated rings. The van der Waals surface area contributed by atoms with Crippen molar-refractivity contribution in [3.05, 3.63) is 30.3 Å². The Kier molecular flexibility index (Phi) is 5.14. The Bertz CT molecular complexity index is 1090. The Labute approximate surface area is 137 Å². The average Bonchev–Trinajstić information content (AvgIpc) is 2.33. The van der Waals surface area contributed by atoms with Crippen LogP contribution in [0.4, 0.5) is 0 Å². The fourth-order valence-electron chi connectivity index (χ4n) is 1.96. The number of rotatable bonds is 3. The van der Waals surface area contributed by atoms with Crippen molar-refractivity contribution < 1.29 is 38.9 Å². The Hall–Kier alpha value is -1.28. The van der Waals surface area contributed by atoms with Gasteiger partial charge in [-0.05, 0) is 11.5 Å². The predicted molar refractivity (Wildman–Crippen MR) is 80.6 cm³/mol. The van der Waals surface area contributed by atoms with Crippen LogP contribution < -0.4 is 0 Å². The smallest absolute Gasteiger partial charge is 0.282 e. The van der Waals surface area contributed by atoms with Gasteiger partial charge in [-0.3, -0.25) is 13.7 Å². The zero-order valence-electron chi connectivity index (χ0n) is 10.8. The summed E-state index contributed by atoms with van der Waals surface area (Å²) in [5.41, 5.74) is 0. The van der Waals surface area contributed by atoms with Crippen LogP contribution in [0.1, 0.15) is 0 Å². The lowest BCUT2D eigenvalue weighted by Crippen LogP contribution is -2.15. The zero-order valence-corrected chi connectivity index (χ0v) is 14.1. The van der Waals surface area contributed by atoms with Crippen molar-refractivity contribution in [2.24, 2.45) is 0 Å². The summed E-state index contributed by atoms with van der Waals surface area (Å²) in [6.45, 7) is 0. The fourth-order valence-corrected chi connectivity index (χ4v) is 5.37. The van der Waals surface area contributed by atoms with E-state index in [9.17, 15) is 29.8 Å². The van der Waals surface area contributed by atoms with Gasteiger partial charge in [-0.2, -0.15) is 25.3 Å². The second-order valence-corrected chi connectivity index (χ2v) is 8.29. The molecule has 13 heteroatoms. The summed E-state index contributed by atoms with van der Waals surface area (Å²) in [5, 5.41) is -0.430. The van der Waals surface area contributed by atoms with Crippen molar-refractivity contribution in [2.75, 3.05) is 0 Å². The van der Waals surface area contributed by atoms with Crippen LogP contribution in [0, 0.1) is 0 Å². The molecule has 0 atom stereocenters. The van der Waals surface area contributed by atoms with E-state index in [0.29, 0.717) is 6.07 Å². The molecule has 23 heavy (non-hydrogen) atoms. The third kappa shape index (κ3) is 3.80. The zero-order chi connectivity index (χ0) is 16.9. The van der Waals surface area contributed by atoms with Crippen LogP contribution in [0.3, 0.4) is 0 Å². The number of fused-ring (bicyclic) bond motifs is 1. The number of hydrogen-bond acceptors (Lipinski definition) is 6. The Morgan fingerprint density at radius 2 is 1.17 bits per heavy atom. The molecular formula is C10H9ClO9S3. The average molecular weight is 405 g/mol. The van der Waals surface area contributed by atoms with Crippen molar-refractivity contribution in [3.63, 3.8) is 0 Å². The molecule has 0 heterocycles. The van der Waals surface area contributed by atoms with Crippen LogP contribution >= 0.6 is 12.4 Å². The van der Waals surface area contributed by atoms with E-state index in [0.717, 1.165) is 6.07 Å². The maximum atomic E-state index is 11.5. The van der Waals surface area contributed by atoms with Crippen molar-refractivity contribution in [1.29, 1.82) is 0 Å². The first-order valence-electron chi connectivity index (χ1n) is 5.31. The molecule has 0 aliphatic rings. The lowest BCUT2D eigenvalue weighted by atomic mass is 10.1. The summed E-state index contributed by atoms with van der Waals surface area (Å²) in [5.74, 6) is 0. The molecule has 0 saturated carbocycles. The van der Waals surface area contributed by atoms with E-state index in [2.05, 4.69) is 0 Å². The SMILES string of the molecule is Cl.O=S(=O)(O)c1cc2ccccc2c(S(=O)(=O)O)c1S(=O)(=O)O. The van der Waals surface area contributed by atoms with Gasteiger partial charge in [0.1, 0.15) is 14.7 Å². The largest absolute Gasteiger partial charge is 0.297 e. The van der Waals surface area contributed by atoms with Gasteiger partial charge in [-0.25, -0.2) is 0 Å². The van der Waals surface area contributed by atoms with Gasteiger partial charge < -0.3 is 0 Å². The highest BCUT2D eigenvalue weighted by atomic mass is 35.5. The molecule has 0 aliphatic heterocycles. The fraction of sp³-hybridized carbons (Fsp3) is 0.